The Hall–Kier alpha value is -0.590. The van der Waals surface area contributed by atoms with Gasteiger partial charge in [-0.05, 0) is 24.3 Å². The minimum absolute atomic E-state index is 0. The van der Waals surface area contributed by atoms with Gasteiger partial charge in [-0.3, -0.25) is 4.90 Å². The van der Waals surface area contributed by atoms with Crippen molar-refractivity contribution < 1.29 is 4.42 Å². The van der Waals surface area contributed by atoms with Crippen LogP contribution in [0, 0.1) is 0 Å². The molecule has 0 radical (unpaired) electrons. The van der Waals surface area contributed by atoms with Crippen molar-refractivity contribution in [3.8, 4) is 10.8 Å². The topological polar surface area (TPSA) is 55.3 Å². The number of piperidine rings is 1. The van der Waals surface area contributed by atoms with E-state index in [0.29, 0.717) is 6.04 Å². The highest BCUT2D eigenvalue weighted by molar-refractivity contribution is 7.13. The molecule has 1 fully saturated rings. The predicted molar refractivity (Wildman–Crippen MR) is 86.8 cm³/mol. The number of thiophene rings is 1. The van der Waals surface area contributed by atoms with Gasteiger partial charge in [-0.15, -0.1) is 36.2 Å². The predicted octanol–water partition coefficient (Wildman–Crippen LogP) is 3.17. The van der Waals surface area contributed by atoms with Crippen LogP contribution in [-0.4, -0.2) is 29.0 Å². The van der Waals surface area contributed by atoms with Crippen LogP contribution in [0.1, 0.15) is 18.5 Å². The van der Waals surface area contributed by atoms with Gasteiger partial charge >= 0.3 is 0 Å². The lowest BCUT2D eigenvalue weighted by Gasteiger charge is -2.29. The average molecular weight is 336 g/mol. The first-order chi connectivity index (χ1) is 8.81. The number of likely N-dealkylation sites (tertiary alicyclic amines) is 1. The van der Waals surface area contributed by atoms with Crippen LogP contribution in [0.3, 0.4) is 0 Å². The summed E-state index contributed by atoms with van der Waals surface area (Å²) in [5.41, 5.74) is 6.91. The maximum atomic E-state index is 5.90. The van der Waals surface area contributed by atoms with Crippen LogP contribution in [-0.2, 0) is 6.54 Å². The van der Waals surface area contributed by atoms with Crippen molar-refractivity contribution in [3.63, 3.8) is 0 Å². The van der Waals surface area contributed by atoms with Gasteiger partial charge in [0.15, 0.2) is 0 Å². The van der Waals surface area contributed by atoms with Crippen molar-refractivity contribution in [1.82, 2.24) is 9.88 Å². The largest absolute Gasteiger partial charge is 0.444 e. The molecule has 3 rings (SSSR count). The first kappa shape index (κ1) is 17.5. The number of halogens is 2. The van der Waals surface area contributed by atoms with Crippen molar-refractivity contribution in [3.05, 3.63) is 29.5 Å². The van der Waals surface area contributed by atoms with Gasteiger partial charge in [0, 0.05) is 25.7 Å². The minimum atomic E-state index is 0. The Bertz CT molecular complexity index is 495. The lowest BCUT2D eigenvalue weighted by molar-refractivity contribution is 0.203. The molecular weight excluding hydrogens is 317 g/mol. The third-order valence-electron chi connectivity index (χ3n) is 3.30. The van der Waals surface area contributed by atoms with Gasteiger partial charge in [0.25, 0.3) is 0 Å². The van der Waals surface area contributed by atoms with Gasteiger partial charge in [0.2, 0.25) is 5.89 Å². The summed E-state index contributed by atoms with van der Waals surface area (Å²) in [5.74, 6) is 0.730. The molecule has 20 heavy (non-hydrogen) atoms. The second-order valence-electron chi connectivity index (χ2n) is 4.73. The molecule has 2 N–H and O–H groups in total. The van der Waals surface area contributed by atoms with Crippen LogP contribution >= 0.6 is 36.2 Å². The molecule has 0 bridgehead atoms. The van der Waals surface area contributed by atoms with Gasteiger partial charge in [-0.2, -0.15) is 0 Å². The number of nitrogens with zero attached hydrogens (tertiary/aromatic N) is 2. The lowest BCUT2D eigenvalue weighted by atomic mass is 10.1. The van der Waals surface area contributed by atoms with E-state index in [1.165, 1.54) is 0 Å². The molecule has 2 aromatic rings. The Morgan fingerprint density at radius 3 is 2.75 bits per heavy atom. The highest BCUT2D eigenvalue weighted by atomic mass is 35.5. The zero-order valence-corrected chi connectivity index (χ0v) is 13.5. The van der Waals surface area contributed by atoms with Crippen molar-refractivity contribution in [2.24, 2.45) is 5.73 Å². The fourth-order valence-electron chi connectivity index (χ4n) is 2.23. The third-order valence-corrected chi connectivity index (χ3v) is 4.16. The summed E-state index contributed by atoms with van der Waals surface area (Å²) < 4.78 is 5.52. The van der Waals surface area contributed by atoms with Gasteiger partial charge in [0.05, 0.1) is 10.6 Å². The molecule has 0 unspecified atom stereocenters. The van der Waals surface area contributed by atoms with Crippen molar-refractivity contribution >= 4 is 36.2 Å². The Morgan fingerprint density at radius 1 is 1.35 bits per heavy atom. The van der Waals surface area contributed by atoms with Crippen LogP contribution in [0.5, 0.6) is 0 Å². The molecule has 2 aromatic heterocycles. The van der Waals surface area contributed by atoms with Crippen molar-refractivity contribution in [2.45, 2.75) is 25.4 Å². The molecule has 1 aliphatic heterocycles. The molecular formula is C13H19Cl2N3OS. The van der Waals surface area contributed by atoms with Crippen LogP contribution in [0.4, 0.5) is 0 Å². The quantitative estimate of drug-likeness (QED) is 0.935. The highest BCUT2D eigenvalue weighted by Crippen LogP contribution is 2.24. The standard InChI is InChI=1S/C13H17N3OS.2ClH/c14-10-3-5-16(6-4-10)8-11-9-17-13(15-11)12-2-1-7-18-12;;/h1-2,7,9-10H,3-6,8,14H2;2*1H. The Labute approximate surface area is 135 Å². The van der Waals surface area contributed by atoms with Crippen LogP contribution in [0.15, 0.2) is 28.2 Å². The van der Waals surface area contributed by atoms with E-state index < -0.39 is 0 Å². The maximum absolute atomic E-state index is 5.90. The van der Waals surface area contributed by atoms with Gasteiger partial charge in [-0.25, -0.2) is 4.98 Å². The van der Waals surface area contributed by atoms with Crippen LogP contribution in [0.2, 0.25) is 0 Å². The number of oxazole rings is 1. The lowest BCUT2D eigenvalue weighted by Crippen LogP contribution is -2.39. The van der Waals surface area contributed by atoms with Gasteiger partial charge in [-0.1, -0.05) is 6.07 Å². The molecule has 0 atom stereocenters. The van der Waals surface area contributed by atoms with E-state index >= 15 is 0 Å². The maximum Gasteiger partial charge on any atom is 0.236 e. The molecule has 1 saturated heterocycles. The smallest absolute Gasteiger partial charge is 0.236 e. The number of rotatable bonds is 3. The minimum Gasteiger partial charge on any atom is -0.444 e. The van der Waals surface area contributed by atoms with Crippen molar-refractivity contribution in [1.29, 1.82) is 0 Å². The molecule has 0 amide bonds. The van der Waals surface area contributed by atoms with Gasteiger partial charge in [0.1, 0.15) is 6.26 Å². The number of aromatic nitrogens is 1. The summed E-state index contributed by atoms with van der Waals surface area (Å²) in [4.78, 5) is 8.01. The van der Waals surface area contributed by atoms with E-state index in [4.69, 9.17) is 10.2 Å². The Balaban J connectivity index is 0.000001000. The summed E-state index contributed by atoms with van der Waals surface area (Å²) in [5, 5.41) is 2.03. The summed E-state index contributed by atoms with van der Waals surface area (Å²) in [6.45, 7) is 2.98. The zero-order chi connectivity index (χ0) is 12.4. The molecule has 112 valence electrons. The molecule has 7 heteroatoms. The summed E-state index contributed by atoms with van der Waals surface area (Å²) in [7, 11) is 0. The fourth-order valence-corrected chi connectivity index (χ4v) is 2.89. The summed E-state index contributed by atoms with van der Waals surface area (Å²) in [6, 6.07) is 4.41. The number of hydrogen-bond acceptors (Lipinski definition) is 5. The van der Waals surface area contributed by atoms with E-state index in [2.05, 4.69) is 9.88 Å². The van der Waals surface area contributed by atoms with Gasteiger partial charge < -0.3 is 10.2 Å². The molecule has 4 nitrogen and oxygen atoms in total. The molecule has 3 heterocycles. The van der Waals surface area contributed by atoms with E-state index in [0.717, 1.165) is 48.9 Å². The second-order valence-corrected chi connectivity index (χ2v) is 5.68. The number of nitrogens with two attached hydrogens (primary N) is 1. The average Bonchev–Trinajstić information content (AvgIpc) is 3.02. The zero-order valence-electron chi connectivity index (χ0n) is 11.0. The second kappa shape index (κ2) is 8.00. The normalized spacial score (nSPS) is 16.4. The molecule has 1 aliphatic rings. The molecule has 0 aromatic carbocycles. The third kappa shape index (κ3) is 4.20. The first-order valence-electron chi connectivity index (χ1n) is 6.27. The Morgan fingerprint density at radius 2 is 2.10 bits per heavy atom. The fraction of sp³-hybridized carbons (Fsp3) is 0.462. The number of hydrogen-bond donors (Lipinski definition) is 1. The molecule has 0 aliphatic carbocycles. The van der Waals surface area contributed by atoms with E-state index in [1.54, 1.807) is 17.6 Å². The summed E-state index contributed by atoms with van der Waals surface area (Å²) >= 11 is 1.65. The highest BCUT2D eigenvalue weighted by Gasteiger charge is 2.17. The molecule has 0 saturated carbocycles. The van der Waals surface area contributed by atoms with Crippen LogP contribution < -0.4 is 5.73 Å². The van der Waals surface area contributed by atoms with E-state index in [1.807, 2.05) is 17.5 Å². The van der Waals surface area contributed by atoms with Crippen molar-refractivity contribution in [2.75, 3.05) is 13.1 Å². The summed E-state index contributed by atoms with van der Waals surface area (Å²) in [6.07, 6.45) is 3.93. The van der Waals surface area contributed by atoms with E-state index in [-0.39, 0.29) is 24.8 Å². The van der Waals surface area contributed by atoms with Crippen LogP contribution in [0.25, 0.3) is 10.8 Å². The Kier molecular flexibility index (Phi) is 6.99. The first-order valence-corrected chi connectivity index (χ1v) is 7.15. The van der Waals surface area contributed by atoms with E-state index in [9.17, 15) is 0 Å². The molecule has 0 spiro atoms. The SMILES string of the molecule is Cl.Cl.NC1CCN(Cc2coc(-c3cccs3)n2)CC1. The monoisotopic (exact) mass is 335 g/mol.